The van der Waals surface area contributed by atoms with Gasteiger partial charge in [0.05, 0.1) is 6.61 Å². The van der Waals surface area contributed by atoms with Crippen molar-refractivity contribution in [1.82, 2.24) is 0 Å². The first kappa shape index (κ1) is 23.1. The van der Waals surface area contributed by atoms with Crippen molar-refractivity contribution in [2.75, 3.05) is 11.5 Å². The van der Waals surface area contributed by atoms with Gasteiger partial charge in [0.2, 0.25) is 0 Å². The molecule has 0 bridgehead atoms. The van der Waals surface area contributed by atoms with Crippen molar-refractivity contribution in [2.45, 2.75) is 20.3 Å². The second-order valence-electron chi connectivity index (χ2n) is 8.38. The van der Waals surface area contributed by atoms with Crippen LogP contribution < -0.4 is 4.90 Å². The zero-order chi connectivity index (χ0) is 23.9. The van der Waals surface area contributed by atoms with Gasteiger partial charge in [-0.15, -0.1) is 0 Å². The normalized spacial score (nSPS) is 10.5. The van der Waals surface area contributed by atoms with E-state index in [1.54, 1.807) is 0 Å². The van der Waals surface area contributed by atoms with Gasteiger partial charge in [-0.2, -0.15) is 0 Å². The van der Waals surface area contributed by atoms with Crippen LogP contribution in [0.1, 0.15) is 16.7 Å². The molecular weight excluding hydrogens is 418 g/mol. The summed E-state index contributed by atoms with van der Waals surface area (Å²) in [6.07, 6.45) is 1.85. The van der Waals surface area contributed by atoms with Gasteiger partial charge in [0.15, 0.2) is 0 Å². The molecule has 3 nitrogen and oxygen atoms in total. The van der Waals surface area contributed by atoms with Gasteiger partial charge >= 0.3 is 5.97 Å². The third kappa shape index (κ3) is 5.62. The first-order chi connectivity index (χ1) is 16.5. The zero-order valence-corrected chi connectivity index (χ0v) is 19.7. The summed E-state index contributed by atoms with van der Waals surface area (Å²) in [4.78, 5) is 13.5. The summed E-state index contributed by atoms with van der Waals surface area (Å²) in [7, 11) is 0. The monoisotopic (exact) mass is 447 g/mol. The topological polar surface area (TPSA) is 29.5 Å². The molecule has 0 aliphatic rings. The number of hydrogen-bond donors (Lipinski definition) is 0. The summed E-state index contributed by atoms with van der Waals surface area (Å²) in [5.41, 5.74) is 9.26. The third-order valence-corrected chi connectivity index (χ3v) is 5.77. The number of carbonyl (C=O) groups excluding carboxylic acids is 1. The highest BCUT2D eigenvalue weighted by molar-refractivity contribution is 5.81. The molecule has 4 rings (SSSR count). The Hall–Kier alpha value is -4.11. The Labute approximate surface area is 202 Å². The molecule has 0 unspecified atom stereocenters. The number of esters is 1. The van der Waals surface area contributed by atoms with Gasteiger partial charge < -0.3 is 9.64 Å². The second kappa shape index (κ2) is 10.7. The summed E-state index contributed by atoms with van der Waals surface area (Å²) in [5.74, 6) is -0.392. The quantitative estimate of drug-likeness (QED) is 0.205. The number of anilines is 3. The molecule has 0 aliphatic heterocycles. The minimum atomic E-state index is -0.392. The molecule has 0 aromatic heterocycles. The summed E-state index contributed by atoms with van der Waals surface area (Å²) in [6.45, 7) is 7.98. The van der Waals surface area contributed by atoms with E-state index in [0.717, 1.165) is 22.6 Å². The number of ether oxygens (including phenoxy) is 1. The van der Waals surface area contributed by atoms with Crippen molar-refractivity contribution >= 4 is 23.0 Å². The maximum absolute atomic E-state index is 11.3. The summed E-state index contributed by atoms with van der Waals surface area (Å²) < 4.78 is 5.11. The number of rotatable bonds is 8. The molecule has 0 aliphatic carbocycles. The summed E-state index contributed by atoms with van der Waals surface area (Å²) in [6, 6.07) is 34.2. The van der Waals surface area contributed by atoms with Crippen LogP contribution >= 0.6 is 0 Å². The van der Waals surface area contributed by atoms with Crippen LogP contribution in [0.15, 0.2) is 110 Å². The Kier molecular flexibility index (Phi) is 7.24. The molecule has 0 N–H and O–H groups in total. The molecule has 0 fully saturated rings. The van der Waals surface area contributed by atoms with E-state index >= 15 is 0 Å². The Balaban J connectivity index is 1.62. The summed E-state index contributed by atoms with van der Waals surface area (Å²) >= 11 is 0. The molecule has 3 heteroatoms. The fourth-order valence-electron chi connectivity index (χ4n) is 3.91. The van der Waals surface area contributed by atoms with Crippen molar-refractivity contribution < 1.29 is 9.53 Å². The zero-order valence-electron chi connectivity index (χ0n) is 19.7. The van der Waals surface area contributed by atoms with Crippen LogP contribution in [0, 0.1) is 13.8 Å². The molecule has 0 atom stereocenters. The van der Waals surface area contributed by atoms with E-state index in [9.17, 15) is 4.79 Å². The highest BCUT2D eigenvalue weighted by atomic mass is 16.5. The number of nitrogens with zero attached hydrogens (tertiary/aromatic N) is 1. The number of carbonyl (C=O) groups is 1. The Morgan fingerprint density at radius 3 is 1.94 bits per heavy atom. The molecule has 0 amide bonds. The van der Waals surface area contributed by atoms with E-state index in [-0.39, 0.29) is 0 Å². The van der Waals surface area contributed by atoms with Crippen LogP contribution in [-0.2, 0) is 16.0 Å². The fourth-order valence-corrected chi connectivity index (χ4v) is 3.91. The standard InChI is InChI=1S/C31H29NO2/c1-4-31(33)34-21-20-25-10-16-29(17-11-25)32(28-14-8-23(2)9-15-28)30-18-12-26(13-19-30)27-7-5-6-24(3)22-27/h4-19,22H,1,20-21H2,2-3H3. The van der Waals surface area contributed by atoms with Gasteiger partial charge in [-0.05, 0) is 66.9 Å². The Morgan fingerprint density at radius 2 is 1.35 bits per heavy atom. The minimum Gasteiger partial charge on any atom is -0.462 e. The molecule has 4 aromatic rings. The van der Waals surface area contributed by atoms with Crippen LogP contribution in [0.5, 0.6) is 0 Å². The maximum Gasteiger partial charge on any atom is 0.330 e. The van der Waals surface area contributed by atoms with Crippen molar-refractivity contribution in [2.24, 2.45) is 0 Å². The van der Waals surface area contributed by atoms with Crippen LogP contribution in [0.25, 0.3) is 11.1 Å². The van der Waals surface area contributed by atoms with E-state index < -0.39 is 5.97 Å². The predicted octanol–water partition coefficient (Wildman–Crippen LogP) is 7.71. The van der Waals surface area contributed by atoms with Crippen LogP contribution in [0.3, 0.4) is 0 Å². The number of aryl methyl sites for hydroxylation is 2. The predicted molar refractivity (Wildman–Crippen MR) is 141 cm³/mol. The van der Waals surface area contributed by atoms with E-state index in [0.29, 0.717) is 13.0 Å². The smallest absolute Gasteiger partial charge is 0.330 e. The Bertz CT molecular complexity index is 1260. The lowest BCUT2D eigenvalue weighted by atomic mass is 10.0. The molecule has 0 radical (unpaired) electrons. The highest BCUT2D eigenvalue weighted by Crippen LogP contribution is 2.36. The molecular formula is C31H29NO2. The number of benzene rings is 4. The van der Waals surface area contributed by atoms with Crippen molar-refractivity contribution in [3.8, 4) is 11.1 Å². The summed E-state index contributed by atoms with van der Waals surface area (Å²) in [5, 5.41) is 0. The lowest BCUT2D eigenvalue weighted by Crippen LogP contribution is -2.10. The van der Waals surface area contributed by atoms with Gasteiger partial charge in [-0.25, -0.2) is 4.79 Å². The first-order valence-corrected chi connectivity index (χ1v) is 11.5. The third-order valence-electron chi connectivity index (χ3n) is 5.77. The average Bonchev–Trinajstić information content (AvgIpc) is 2.86. The highest BCUT2D eigenvalue weighted by Gasteiger charge is 2.13. The van der Waals surface area contributed by atoms with E-state index in [1.165, 1.54) is 28.3 Å². The minimum absolute atomic E-state index is 0.340. The van der Waals surface area contributed by atoms with Crippen molar-refractivity contribution in [3.05, 3.63) is 126 Å². The fraction of sp³-hybridized carbons (Fsp3) is 0.129. The first-order valence-electron chi connectivity index (χ1n) is 11.5. The molecule has 0 saturated carbocycles. The van der Waals surface area contributed by atoms with Gasteiger partial charge in [-0.3, -0.25) is 0 Å². The molecule has 170 valence electrons. The van der Waals surface area contributed by atoms with Crippen LogP contribution in [0.4, 0.5) is 17.1 Å². The SMILES string of the molecule is C=CC(=O)OCCc1ccc(N(c2ccc(C)cc2)c2ccc(-c3cccc(C)c3)cc2)cc1. The van der Waals surface area contributed by atoms with Gasteiger partial charge in [0, 0.05) is 29.6 Å². The van der Waals surface area contributed by atoms with Crippen molar-refractivity contribution in [1.29, 1.82) is 0 Å². The second-order valence-corrected chi connectivity index (χ2v) is 8.38. The van der Waals surface area contributed by atoms with Crippen LogP contribution in [0.2, 0.25) is 0 Å². The maximum atomic E-state index is 11.3. The van der Waals surface area contributed by atoms with E-state index in [4.69, 9.17) is 4.74 Å². The molecule has 0 spiro atoms. The Morgan fingerprint density at radius 1 is 0.765 bits per heavy atom. The lowest BCUT2D eigenvalue weighted by molar-refractivity contribution is -0.137. The molecule has 34 heavy (non-hydrogen) atoms. The van der Waals surface area contributed by atoms with Gasteiger partial charge in [0.25, 0.3) is 0 Å². The lowest BCUT2D eigenvalue weighted by Gasteiger charge is -2.26. The van der Waals surface area contributed by atoms with Gasteiger partial charge in [0.1, 0.15) is 0 Å². The van der Waals surface area contributed by atoms with Gasteiger partial charge in [-0.1, -0.05) is 78.4 Å². The van der Waals surface area contributed by atoms with E-state index in [1.807, 2.05) is 0 Å². The molecule has 0 heterocycles. The van der Waals surface area contributed by atoms with Crippen LogP contribution in [-0.4, -0.2) is 12.6 Å². The number of hydrogen-bond acceptors (Lipinski definition) is 3. The average molecular weight is 448 g/mol. The molecule has 0 saturated heterocycles. The molecule has 4 aromatic carbocycles. The van der Waals surface area contributed by atoms with Crippen molar-refractivity contribution in [3.63, 3.8) is 0 Å². The van der Waals surface area contributed by atoms with E-state index in [2.05, 4.69) is 122 Å². The largest absolute Gasteiger partial charge is 0.462 e.